The van der Waals surface area contributed by atoms with Gasteiger partial charge in [-0.2, -0.15) is 0 Å². The highest BCUT2D eigenvalue weighted by atomic mass is 33.1. The third-order valence-electron chi connectivity index (χ3n) is 4.66. The lowest BCUT2D eigenvalue weighted by molar-refractivity contribution is -0.308. The highest BCUT2D eigenvalue weighted by molar-refractivity contribution is 8.76. The summed E-state index contributed by atoms with van der Waals surface area (Å²) in [6.45, 7) is -1.61. The molecule has 0 unspecified atom stereocenters. The number of nitrogens with two attached hydrogens (primary N) is 2. The molecule has 40 heavy (non-hydrogen) atoms. The third kappa shape index (κ3) is 17.1. The van der Waals surface area contributed by atoms with Gasteiger partial charge in [0.1, 0.15) is 24.7 Å². The lowest BCUT2D eigenvalue weighted by atomic mass is 10.1. The van der Waals surface area contributed by atoms with Crippen molar-refractivity contribution in [2.24, 2.45) is 11.5 Å². The maximum absolute atomic E-state index is 12.4. The minimum atomic E-state index is -1.60. The first-order valence-corrected chi connectivity index (χ1v) is 13.9. The zero-order chi connectivity index (χ0) is 30.8. The molecule has 10 N–H and O–H groups in total. The summed E-state index contributed by atoms with van der Waals surface area (Å²) in [6, 6.07) is -5.34. The number of rotatable bonds is 21. The van der Waals surface area contributed by atoms with Gasteiger partial charge < -0.3 is 62.7 Å². The van der Waals surface area contributed by atoms with E-state index in [1.165, 1.54) is 0 Å². The Bertz CT molecular complexity index is 879. The fourth-order valence-electron chi connectivity index (χ4n) is 2.51. The summed E-state index contributed by atoms with van der Waals surface area (Å²) in [4.78, 5) is 91.9. The van der Waals surface area contributed by atoms with Crippen molar-refractivity contribution in [3.05, 3.63) is 0 Å². The number of hydrogen-bond donors (Lipinski definition) is 8. The van der Waals surface area contributed by atoms with Crippen LogP contribution in [0.4, 0.5) is 0 Å². The minimum absolute atomic E-state index is 0.177. The van der Waals surface area contributed by atoms with E-state index in [0.29, 0.717) is 0 Å². The van der Waals surface area contributed by atoms with E-state index in [4.69, 9.17) is 21.7 Å². The number of nitrogens with one attached hydrogen (secondary N) is 4. The molecule has 0 saturated heterocycles. The quantitative estimate of drug-likeness (QED) is 0.0442. The molecule has 0 bridgehead atoms. The first-order chi connectivity index (χ1) is 18.6. The van der Waals surface area contributed by atoms with Gasteiger partial charge >= 0.3 is 11.9 Å². The lowest BCUT2D eigenvalue weighted by Gasteiger charge is -2.20. The molecule has 0 aromatic rings. The van der Waals surface area contributed by atoms with Crippen LogP contribution in [0.2, 0.25) is 0 Å². The number of carbonyl (C=O) groups excluding carboxylic acids is 6. The predicted octanol–water partition coefficient (Wildman–Crippen LogP) is -6.55. The summed E-state index contributed by atoms with van der Waals surface area (Å²) in [5.41, 5.74) is 10.6. The molecule has 0 aromatic carbocycles. The summed E-state index contributed by atoms with van der Waals surface area (Å²) in [5.74, 6) is -9.51. The molecule has 0 aromatic heterocycles. The molecule has 0 heterocycles. The van der Waals surface area contributed by atoms with E-state index in [2.05, 4.69) is 16.0 Å². The van der Waals surface area contributed by atoms with Gasteiger partial charge in [0.05, 0.1) is 18.5 Å². The van der Waals surface area contributed by atoms with Crippen molar-refractivity contribution in [3.8, 4) is 0 Å². The zero-order valence-electron chi connectivity index (χ0n) is 20.9. The van der Waals surface area contributed by atoms with Crippen molar-refractivity contribution < 1.29 is 58.8 Å². The van der Waals surface area contributed by atoms with Gasteiger partial charge in [0, 0.05) is 30.4 Å². The second-order valence-electron chi connectivity index (χ2n) is 7.96. The number of hydrogen-bond acceptors (Lipinski definition) is 14. The zero-order valence-corrected chi connectivity index (χ0v) is 22.5. The molecular formula is C20H30N6O12S2-2. The Morgan fingerprint density at radius 2 is 1.12 bits per heavy atom. The first kappa shape index (κ1) is 36.4. The van der Waals surface area contributed by atoms with Crippen LogP contribution < -0.4 is 42.9 Å². The van der Waals surface area contributed by atoms with E-state index in [-0.39, 0.29) is 37.2 Å². The van der Waals surface area contributed by atoms with Gasteiger partial charge in [-0.1, -0.05) is 21.6 Å². The summed E-state index contributed by atoms with van der Waals surface area (Å²) >= 11 is 0. The molecule has 0 aliphatic rings. The molecule has 4 amide bonds. The third-order valence-corrected chi connectivity index (χ3v) is 7.08. The molecule has 0 spiro atoms. The van der Waals surface area contributed by atoms with E-state index >= 15 is 0 Å². The van der Waals surface area contributed by atoms with Crippen molar-refractivity contribution in [2.75, 3.05) is 24.6 Å². The van der Waals surface area contributed by atoms with Crippen molar-refractivity contribution in [1.29, 1.82) is 0 Å². The van der Waals surface area contributed by atoms with E-state index in [9.17, 15) is 48.6 Å². The van der Waals surface area contributed by atoms with E-state index in [0.717, 1.165) is 21.6 Å². The highest BCUT2D eigenvalue weighted by Crippen LogP contribution is 2.23. The van der Waals surface area contributed by atoms with Gasteiger partial charge in [-0.3, -0.25) is 28.8 Å². The molecule has 0 rings (SSSR count). The Balaban J connectivity index is 5.18. The van der Waals surface area contributed by atoms with Crippen LogP contribution in [-0.4, -0.2) is 106 Å². The fraction of sp³-hybridized carbons (Fsp3) is 0.600. The Labute approximate surface area is 235 Å². The van der Waals surface area contributed by atoms with Crippen LogP contribution in [0.5, 0.6) is 0 Å². The second-order valence-corrected chi connectivity index (χ2v) is 10.5. The van der Waals surface area contributed by atoms with E-state index < -0.39 is 84.8 Å². The maximum Gasteiger partial charge on any atom is 0.322 e. The van der Waals surface area contributed by atoms with Crippen molar-refractivity contribution >= 4 is 69.1 Å². The van der Waals surface area contributed by atoms with Crippen LogP contribution in [0.25, 0.3) is 0 Å². The molecule has 4 atom stereocenters. The van der Waals surface area contributed by atoms with Gasteiger partial charge in [0.15, 0.2) is 0 Å². The average Bonchev–Trinajstić information content (AvgIpc) is 2.87. The SMILES string of the molecule is N[C@@H](CCC(=O)N[C@@H](CSSC[C@H](NC(=O)CC[C@H](N)C(=O)O)C(=O)NCC(=O)[O-])C(=O)NCC(=O)O)C(=O)[O-]. The van der Waals surface area contributed by atoms with Crippen LogP contribution >= 0.6 is 21.6 Å². The second kappa shape index (κ2) is 19.4. The van der Waals surface area contributed by atoms with Gasteiger partial charge in [-0.05, 0) is 12.8 Å². The average molecular weight is 611 g/mol. The van der Waals surface area contributed by atoms with Gasteiger partial charge in [0.2, 0.25) is 23.6 Å². The molecule has 0 aliphatic heterocycles. The lowest BCUT2D eigenvalue weighted by Crippen LogP contribution is -2.51. The first-order valence-electron chi connectivity index (χ1n) is 11.4. The van der Waals surface area contributed by atoms with E-state index in [1.54, 1.807) is 0 Å². The summed E-state index contributed by atoms with van der Waals surface area (Å²) in [5, 5.41) is 47.7. The smallest absolute Gasteiger partial charge is 0.322 e. The Hall–Kier alpha value is -3.62. The van der Waals surface area contributed by atoms with Gasteiger partial charge in [-0.15, -0.1) is 0 Å². The molecule has 0 radical (unpaired) electrons. The van der Waals surface area contributed by atoms with Gasteiger partial charge in [-0.25, -0.2) is 0 Å². The van der Waals surface area contributed by atoms with Crippen molar-refractivity contribution in [2.45, 2.75) is 49.9 Å². The molecule has 226 valence electrons. The van der Waals surface area contributed by atoms with Gasteiger partial charge in [0.25, 0.3) is 0 Å². The molecule has 0 saturated carbocycles. The van der Waals surface area contributed by atoms with E-state index in [1.807, 2.05) is 5.32 Å². The molecule has 20 heteroatoms. The summed E-state index contributed by atoms with van der Waals surface area (Å²) in [7, 11) is 1.84. The largest absolute Gasteiger partial charge is 0.548 e. The minimum Gasteiger partial charge on any atom is -0.548 e. The Kier molecular flexibility index (Phi) is 17.7. The number of amides is 4. The number of carbonyl (C=O) groups is 8. The monoisotopic (exact) mass is 610 g/mol. The van der Waals surface area contributed by atoms with Crippen LogP contribution in [-0.2, 0) is 38.4 Å². The molecular weight excluding hydrogens is 580 g/mol. The van der Waals surface area contributed by atoms with Crippen molar-refractivity contribution in [1.82, 2.24) is 21.3 Å². The fourth-order valence-corrected chi connectivity index (χ4v) is 4.84. The number of aliphatic carboxylic acids is 4. The molecule has 0 aliphatic carbocycles. The van der Waals surface area contributed by atoms with Crippen LogP contribution in [0, 0.1) is 0 Å². The molecule has 0 fully saturated rings. The predicted molar refractivity (Wildman–Crippen MR) is 135 cm³/mol. The number of carboxylic acid groups (broad SMARTS) is 4. The van der Waals surface area contributed by atoms with Crippen LogP contribution in [0.3, 0.4) is 0 Å². The highest BCUT2D eigenvalue weighted by Gasteiger charge is 2.25. The Morgan fingerprint density at radius 3 is 1.50 bits per heavy atom. The van der Waals surface area contributed by atoms with Crippen LogP contribution in [0.1, 0.15) is 25.7 Å². The summed E-state index contributed by atoms with van der Waals surface area (Å²) < 4.78 is 0. The standard InChI is InChI=1S/C20H32N6O12S2/c21-9(19(35)36)1-3-13(27)25-11(17(33)23-5-15(29)30)7-39-40-8-12(18(34)24-6-16(31)32)26-14(28)4-2-10(22)20(37)38/h9-12H,1-8,21-22H2,(H,23,33)(H,24,34)(H,25,27)(H,26,28)(H,29,30)(H,31,32)(H,35,36)(H,37,38)/p-2/t9-,10-,11-,12-/m0/s1. The number of carboxylic acids is 4. The topological polar surface area (TPSA) is 323 Å². The van der Waals surface area contributed by atoms with Crippen molar-refractivity contribution in [3.63, 3.8) is 0 Å². The Morgan fingerprint density at radius 1 is 0.700 bits per heavy atom. The normalized spacial score (nSPS) is 13.6. The van der Waals surface area contributed by atoms with Crippen LogP contribution in [0.15, 0.2) is 0 Å². The maximum atomic E-state index is 12.4. The molecule has 18 nitrogen and oxygen atoms in total. The summed E-state index contributed by atoms with van der Waals surface area (Å²) in [6.07, 6.45) is -1.26.